The number of thiophene rings is 1. The zero-order valence-corrected chi connectivity index (χ0v) is 22.2. The summed E-state index contributed by atoms with van der Waals surface area (Å²) in [5, 5.41) is 4.68. The Kier molecular flexibility index (Phi) is 5.22. The maximum Gasteiger partial charge on any atom is 0.135 e. The molecule has 0 aliphatic rings. The highest BCUT2D eigenvalue weighted by Crippen LogP contribution is 2.46. The first kappa shape index (κ1) is 23.0. The molecule has 2 aromatic heterocycles. The molecule has 0 N–H and O–H groups in total. The van der Waals surface area contributed by atoms with Crippen molar-refractivity contribution in [3.05, 3.63) is 139 Å². The molecule has 0 aliphatic carbocycles. The lowest BCUT2D eigenvalue weighted by Crippen LogP contribution is -2.10. The van der Waals surface area contributed by atoms with Crippen molar-refractivity contribution in [2.45, 2.75) is 0 Å². The summed E-state index contributed by atoms with van der Waals surface area (Å²) in [6, 6.07) is 44.9. The highest BCUT2D eigenvalue weighted by Gasteiger charge is 2.19. The van der Waals surface area contributed by atoms with Crippen molar-refractivity contribution in [1.82, 2.24) is 0 Å². The van der Waals surface area contributed by atoms with Gasteiger partial charge in [-0.3, -0.25) is 0 Å². The average Bonchev–Trinajstić information content (AvgIpc) is 3.57. The maximum atomic E-state index is 13.5. The number of hydrogen-bond acceptors (Lipinski definition) is 3. The van der Waals surface area contributed by atoms with Gasteiger partial charge >= 0.3 is 0 Å². The third-order valence-electron chi connectivity index (χ3n) is 7.54. The predicted octanol–water partition coefficient (Wildman–Crippen LogP) is 11.2. The van der Waals surface area contributed by atoms with Crippen molar-refractivity contribution < 1.29 is 8.81 Å². The largest absolute Gasteiger partial charge is 0.456 e. The van der Waals surface area contributed by atoms with Crippen LogP contribution in [-0.2, 0) is 0 Å². The van der Waals surface area contributed by atoms with E-state index < -0.39 is 0 Å². The van der Waals surface area contributed by atoms with E-state index in [1.807, 2.05) is 41.7 Å². The number of nitrogens with zero attached hydrogens (tertiary/aromatic N) is 1. The van der Waals surface area contributed by atoms with Gasteiger partial charge in [0.2, 0.25) is 0 Å². The molecule has 0 aliphatic heterocycles. The van der Waals surface area contributed by atoms with Crippen LogP contribution in [0.3, 0.4) is 0 Å². The van der Waals surface area contributed by atoms with E-state index in [9.17, 15) is 4.39 Å². The number of anilines is 3. The molecule has 0 fully saturated rings. The molecule has 0 spiro atoms. The lowest BCUT2D eigenvalue weighted by molar-refractivity contribution is 0.628. The van der Waals surface area contributed by atoms with E-state index in [2.05, 4.69) is 95.9 Å². The highest BCUT2D eigenvalue weighted by atomic mass is 32.1. The van der Waals surface area contributed by atoms with E-state index in [-0.39, 0.29) is 5.82 Å². The van der Waals surface area contributed by atoms with Crippen LogP contribution in [0.15, 0.2) is 138 Å². The van der Waals surface area contributed by atoms with Crippen molar-refractivity contribution in [3.63, 3.8) is 0 Å². The molecule has 190 valence electrons. The lowest BCUT2D eigenvalue weighted by atomic mass is 10.0. The Bertz CT molecular complexity index is 2170. The second-order valence-electron chi connectivity index (χ2n) is 9.92. The fourth-order valence-corrected chi connectivity index (χ4v) is 6.79. The van der Waals surface area contributed by atoms with E-state index in [1.165, 1.54) is 32.3 Å². The molecule has 4 heteroatoms. The third-order valence-corrected chi connectivity index (χ3v) is 8.68. The summed E-state index contributed by atoms with van der Waals surface area (Å²) < 4.78 is 22.2. The minimum atomic E-state index is -0.232. The smallest absolute Gasteiger partial charge is 0.135 e. The summed E-state index contributed by atoms with van der Waals surface area (Å²) in [5.41, 5.74) is 7.00. The minimum absolute atomic E-state index is 0.232. The SMILES string of the molecule is Fc1ccc(-c2ccc(N(c3ccc4oc5ccccc5c4c3)c3cccc4sc5ccccc5c34)cc2)cc1. The lowest BCUT2D eigenvalue weighted by Gasteiger charge is -2.27. The molecule has 6 aromatic carbocycles. The first-order chi connectivity index (χ1) is 19.7. The Morgan fingerprint density at radius 3 is 2.00 bits per heavy atom. The minimum Gasteiger partial charge on any atom is -0.456 e. The number of para-hydroxylation sites is 1. The van der Waals surface area contributed by atoms with Gasteiger partial charge in [-0.1, -0.05) is 66.7 Å². The van der Waals surface area contributed by atoms with Crippen molar-refractivity contribution in [2.24, 2.45) is 0 Å². The van der Waals surface area contributed by atoms with Crippen LogP contribution in [0.2, 0.25) is 0 Å². The van der Waals surface area contributed by atoms with Crippen molar-refractivity contribution >= 4 is 70.5 Å². The molecule has 8 rings (SSSR count). The first-order valence-electron chi connectivity index (χ1n) is 13.2. The van der Waals surface area contributed by atoms with Gasteiger partial charge in [-0.2, -0.15) is 0 Å². The topological polar surface area (TPSA) is 16.4 Å². The standard InChI is InChI=1S/C36H22FNOS/c37-25-16-12-23(13-17-25)24-14-18-26(19-15-24)38(27-20-21-33-30(22-27)28-6-1-3-9-32(28)39-33)31-8-5-11-35-36(31)29-7-2-4-10-34(29)40-35/h1-22H. The zero-order valence-electron chi connectivity index (χ0n) is 21.3. The molecule has 2 heterocycles. The van der Waals surface area contributed by atoms with Gasteiger partial charge in [0.15, 0.2) is 0 Å². The summed E-state index contributed by atoms with van der Waals surface area (Å²) in [6.45, 7) is 0. The number of rotatable bonds is 4. The monoisotopic (exact) mass is 535 g/mol. The molecule has 0 unspecified atom stereocenters. The van der Waals surface area contributed by atoms with E-state index >= 15 is 0 Å². The molecular formula is C36H22FNOS. The fraction of sp³-hybridized carbons (Fsp3) is 0. The number of halogens is 1. The molecule has 40 heavy (non-hydrogen) atoms. The number of furan rings is 1. The quantitative estimate of drug-likeness (QED) is 0.223. The number of hydrogen-bond donors (Lipinski definition) is 0. The molecule has 8 aromatic rings. The summed E-state index contributed by atoms with van der Waals surface area (Å²) in [7, 11) is 0. The number of fused-ring (bicyclic) bond motifs is 6. The van der Waals surface area contributed by atoms with Gasteiger partial charge < -0.3 is 9.32 Å². The Labute approximate surface area is 234 Å². The van der Waals surface area contributed by atoms with Crippen LogP contribution in [0.5, 0.6) is 0 Å². The van der Waals surface area contributed by atoms with Crippen LogP contribution in [-0.4, -0.2) is 0 Å². The fourth-order valence-electron chi connectivity index (χ4n) is 5.67. The molecular weight excluding hydrogens is 513 g/mol. The number of benzene rings is 6. The van der Waals surface area contributed by atoms with Gasteiger partial charge in [-0.05, 0) is 77.9 Å². The molecule has 0 bridgehead atoms. The van der Waals surface area contributed by atoms with Crippen molar-refractivity contribution in [2.75, 3.05) is 4.90 Å². The van der Waals surface area contributed by atoms with E-state index in [0.29, 0.717) is 0 Å². The Balaban J connectivity index is 1.36. The summed E-state index contributed by atoms with van der Waals surface area (Å²) >= 11 is 1.82. The third kappa shape index (κ3) is 3.69. The van der Waals surface area contributed by atoms with Gasteiger partial charge in [-0.15, -0.1) is 11.3 Å². The van der Waals surface area contributed by atoms with Crippen LogP contribution in [0.4, 0.5) is 21.5 Å². The molecule has 0 saturated carbocycles. The zero-order chi connectivity index (χ0) is 26.6. The molecule has 0 saturated heterocycles. The van der Waals surface area contributed by atoms with Crippen LogP contribution < -0.4 is 4.90 Å². The second-order valence-corrected chi connectivity index (χ2v) is 11.0. The van der Waals surface area contributed by atoms with Crippen molar-refractivity contribution in [3.8, 4) is 11.1 Å². The molecule has 0 radical (unpaired) electrons. The summed E-state index contributed by atoms with van der Waals surface area (Å²) in [4.78, 5) is 2.33. The predicted molar refractivity (Wildman–Crippen MR) is 167 cm³/mol. The molecule has 2 nitrogen and oxygen atoms in total. The molecule has 0 atom stereocenters. The Morgan fingerprint density at radius 1 is 0.525 bits per heavy atom. The van der Waals surface area contributed by atoms with Crippen LogP contribution in [0.1, 0.15) is 0 Å². The Hall–Kier alpha value is -4.93. The van der Waals surface area contributed by atoms with E-state index in [4.69, 9.17) is 4.42 Å². The van der Waals surface area contributed by atoms with Gasteiger partial charge in [0.25, 0.3) is 0 Å². The van der Waals surface area contributed by atoms with Gasteiger partial charge in [0.05, 0.1) is 5.69 Å². The van der Waals surface area contributed by atoms with Gasteiger partial charge in [0, 0.05) is 42.3 Å². The van der Waals surface area contributed by atoms with E-state index in [0.717, 1.165) is 50.1 Å². The van der Waals surface area contributed by atoms with Crippen LogP contribution in [0, 0.1) is 5.82 Å². The first-order valence-corrected chi connectivity index (χ1v) is 14.0. The molecule has 0 amide bonds. The summed E-state index contributed by atoms with van der Waals surface area (Å²) in [6.07, 6.45) is 0. The second kappa shape index (κ2) is 9.08. The van der Waals surface area contributed by atoms with Crippen molar-refractivity contribution in [1.29, 1.82) is 0 Å². The van der Waals surface area contributed by atoms with Gasteiger partial charge in [0.1, 0.15) is 17.0 Å². The maximum absolute atomic E-state index is 13.5. The average molecular weight is 536 g/mol. The highest BCUT2D eigenvalue weighted by molar-refractivity contribution is 7.26. The van der Waals surface area contributed by atoms with Gasteiger partial charge in [-0.25, -0.2) is 4.39 Å². The normalized spacial score (nSPS) is 11.6. The van der Waals surface area contributed by atoms with E-state index in [1.54, 1.807) is 0 Å². The van der Waals surface area contributed by atoms with Crippen LogP contribution in [0.25, 0.3) is 53.2 Å². The Morgan fingerprint density at radius 2 is 1.18 bits per heavy atom. The summed E-state index contributed by atoms with van der Waals surface area (Å²) in [5.74, 6) is -0.232. The van der Waals surface area contributed by atoms with Crippen LogP contribution >= 0.6 is 11.3 Å².